The Morgan fingerprint density at radius 2 is 1.96 bits per heavy atom. The third-order valence-electron chi connectivity index (χ3n) is 4.17. The first kappa shape index (κ1) is 17.2. The molecule has 3 rings (SSSR count). The summed E-state index contributed by atoms with van der Waals surface area (Å²) in [5.74, 6) is -0.875. The molecule has 1 heterocycles. The number of carbonyl (C=O) groups is 1. The van der Waals surface area contributed by atoms with E-state index in [-0.39, 0.29) is 6.42 Å². The van der Waals surface area contributed by atoms with Crippen molar-refractivity contribution in [3.05, 3.63) is 64.5 Å². The standard InChI is InChI=1S/C20H16N2O4/c1-22(9-8-19(23)24)14-6-7-16-17(11-20(25)26-18(16)10-14)15-5-3-2-4-13(15)12-21/h2-7,10-11H,8-9H2,1H3,(H,23,24). The molecule has 2 aromatic carbocycles. The molecule has 130 valence electrons. The van der Waals surface area contributed by atoms with Gasteiger partial charge >= 0.3 is 11.6 Å². The average molecular weight is 348 g/mol. The van der Waals surface area contributed by atoms with Gasteiger partial charge in [-0.2, -0.15) is 5.26 Å². The third-order valence-corrected chi connectivity index (χ3v) is 4.17. The lowest BCUT2D eigenvalue weighted by Crippen LogP contribution is -2.20. The zero-order valence-corrected chi connectivity index (χ0v) is 14.1. The average Bonchev–Trinajstić information content (AvgIpc) is 2.64. The van der Waals surface area contributed by atoms with Gasteiger partial charge in [-0.05, 0) is 18.2 Å². The maximum atomic E-state index is 12.0. The van der Waals surface area contributed by atoms with E-state index in [0.717, 1.165) is 5.69 Å². The molecule has 0 radical (unpaired) electrons. The molecule has 0 fully saturated rings. The van der Waals surface area contributed by atoms with Gasteiger partial charge in [0.1, 0.15) is 5.58 Å². The van der Waals surface area contributed by atoms with E-state index in [4.69, 9.17) is 9.52 Å². The second kappa shape index (κ2) is 7.11. The van der Waals surface area contributed by atoms with Gasteiger partial charge in [0.2, 0.25) is 0 Å². The Labute approximate surface area is 149 Å². The summed E-state index contributed by atoms with van der Waals surface area (Å²) in [6, 6.07) is 15.9. The third kappa shape index (κ3) is 3.42. The van der Waals surface area contributed by atoms with Crippen molar-refractivity contribution in [1.29, 1.82) is 5.26 Å². The summed E-state index contributed by atoms with van der Waals surface area (Å²) in [6.45, 7) is 0.335. The van der Waals surface area contributed by atoms with Gasteiger partial charge in [-0.25, -0.2) is 4.79 Å². The fraction of sp³-hybridized carbons (Fsp3) is 0.150. The molecule has 0 spiro atoms. The molecule has 6 nitrogen and oxygen atoms in total. The fourth-order valence-electron chi connectivity index (χ4n) is 2.82. The lowest BCUT2D eigenvalue weighted by atomic mass is 9.97. The number of hydrogen-bond acceptors (Lipinski definition) is 5. The number of hydrogen-bond donors (Lipinski definition) is 1. The lowest BCUT2D eigenvalue weighted by Gasteiger charge is -2.18. The zero-order valence-electron chi connectivity index (χ0n) is 14.1. The van der Waals surface area contributed by atoms with Crippen LogP contribution in [0.15, 0.2) is 57.7 Å². The van der Waals surface area contributed by atoms with Gasteiger partial charge in [0.05, 0.1) is 18.1 Å². The smallest absolute Gasteiger partial charge is 0.336 e. The highest BCUT2D eigenvalue weighted by Crippen LogP contribution is 2.31. The van der Waals surface area contributed by atoms with E-state index in [1.165, 1.54) is 6.07 Å². The molecule has 26 heavy (non-hydrogen) atoms. The van der Waals surface area contributed by atoms with Crippen LogP contribution in [0.5, 0.6) is 0 Å². The van der Waals surface area contributed by atoms with Crippen LogP contribution in [0.4, 0.5) is 5.69 Å². The molecule has 0 saturated heterocycles. The molecule has 0 aliphatic heterocycles. The minimum atomic E-state index is -0.875. The molecule has 0 aliphatic rings. The van der Waals surface area contributed by atoms with Crippen molar-refractivity contribution in [2.45, 2.75) is 6.42 Å². The van der Waals surface area contributed by atoms with Gasteiger partial charge in [0.15, 0.2) is 0 Å². The van der Waals surface area contributed by atoms with Gasteiger partial charge in [-0.1, -0.05) is 18.2 Å². The van der Waals surface area contributed by atoms with Crippen molar-refractivity contribution in [3.63, 3.8) is 0 Å². The molecule has 0 aliphatic carbocycles. The van der Waals surface area contributed by atoms with Crippen LogP contribution in [0.3, 0.4) is 0 Å². The molecule has 1 N–H and O–H groups in total. The number of aliphatic carboxylic acids is 1. The van der Waals surface area contributed by atoms with E-state index in [9.17, 15) is 14.9 Å². The van der Waals surface area contributed by atoms with Crippen LogP contribution in [0.1, 0.15) is 12.0 Å². The van der Waals surface area contributed by atoms with Gasteiger partial charge in [-0.3, -0.25) is 4.79 Å². The molecule has 3 aromatic rings. The first-order valence-corrected chi connectivity index (χ1v) is 8.00. The zero-order chi connectivity index (χ0) is 18.7. The van der Waals surface area contributed by atoms with Gasteiger partial charge in [0, 0.05) is 47.9 Å². The van der Waals surface area contributed by atoms with E-state index in [1.54, 1.807) is 36.2 Å². The number of carboxylic acids is 1. The molecular weight excluding hydrogens is 332 g/mol. The van der Waals surface area contributed by atoms with Gasteiger partial charge < -0.3 is 14.4 Å². The van der Waals surface area contributed by atoms with Gasteiger partial charge in [-0.15, -0.1) is 0 Å². The summed E-state index contributed by atoms with van der Waals surface area (Å²) in [6.07, 6.45) is 0.00801. The lowest BCUT2D eigenvalue weighted by molar-refractivity contribution is -0.136. The van der Waals surface area contributed by atoms with Gasteiger partial charge in [0.25, 0.3) is 0 Å². The molecule has 0 atom stereocenters. The number of nitrogens with zero attached hydrogens (tertiary/aromatic N) is 2. The van der Waals surface area contributed by atoms with E-state index >= 15 is 0 Å². The number of nitriles is 1. The van der Waals surface area contributed by atoms with Crippen LogP contribution in [0.2, 0.25) is 0 Å². The minimum absolute atomic E-state index is 0.00801. The van der Waals surface area contributed by atoms with Crippen molar-refractivity contribution < 1.29 is 14.3 Å². The monoisotopic (exact) mass is 348 g/mol. The fourth-order valence-corrected chi connectivity index (χ4v) is 2.82. The first-order chi connectivity index (χ1) is 12.5. The van der Waals surface area contributed by atoms with Crippen molar-refractivity contribution in [2.75, 3.05) is 18.5 Å². The van der Waals surface area contributed by atoms with Crippen LogP contribution < -0.4 is 10.5 Å². The first-order valence-electron chi connectivity index (χ1n) is 8.00. The summed E-state index contributed by atoms with van der Waals surface area (Å²) >= 11 is 0. The minimum Gasteiger partial charge on any atom is -0.481 e. The second-order valence-electron chi connectivity index (χ2n) is 5.88. The van der Waals surface area contributed by atoms with Crippen molar-refractivity contribution >= 4 is 22.6 Å². The highest BCUT2D eigenvalue weighted by molar-refractivity contribution is 5.96. The van der Waals surface area contributed by atoms with Crippen LogP contribution in [-0.2, 0) is 4.79 Å². The normalized spacial score (nSPS) is 10.5. The van der Waals surface area contributed by atoms with Crippen molar-refractivity contribution in [3.8, 4) is 17.2 Å². The van der Waals surface area contributed by atoms with E-state index < -0.39 is 11.6 Å². The van der Waals surface area contributed by atoms with Crippen LogP contribution in [0, 0.1) is 11.3 Å². The van der Waals surface area contributed by atoms with E-state index in [2.05, 4.69) is 6.07 Å². The van der Waals surface area contributed by atoms with E-state index in [0.29, 0.717) is 34.2 Å². The number of rotatable bonds is 5. The molecule has 1 aromatic heterocycles. The topological polar surface area (TPSA) is 94.5 Å². The molecule has 0 saturated carbocycles. The Balaban J connectivity index is 2.12. The number of carboxylic acid groups (broad SMARTS) is 1. The maximum Gasteiger partial charge on any atom is 0.336 e. The van der Waals surface area contributed by atoms with Crippen molar-refractivity contribution in [2.24, 2.45) is 0 Å². The second-order valence-corrected chi connectivity index (χ2v) is 5.88. The Morgan fingerprint density at radius 1 is 1.19 bits per heavy atom. The Morgan fingerprint density at radius 3 is 2.69 bits per heavy atom. The van der Waals surface area contributed by atoms with Crippen LogP contribution in [0.25, 0.3) is 22.1 Å². The largest absolute Gasteiger partial charge is 0.481 e. The Hall–Kier alpha value is -3.59. The molecule has 0 bridgehead atoms. The summed E-state index contributed by atoms with van der Waals surface area (Å²) in [5.41, 5.74) is 2.40. The molecule has 0 amide bonds. The van der Waals surface area contributed by atoms with Crippen molar-refractivity contribution in [1.82, 2.24) is 0 Å². The SMILES string of the molecule is CN(CCC(=O)O)c1ccc2c(-c3ccccc3C#N)cc(=O)oc2c1. The number of anilines is 1. The quantitative estimate of drug-likeness (QED) is 0.711. The Bertz CT molecular complexity index is 1080. The predicted octanol–water partition coefficient (Wildman–Crippen LogP) is 3.24. The molecular formula is C20H16N2O4. The van der Waals surface area contributed by atoms with E-state index in [1.807, 2.05) is 18.2 Å². The summed E-state index contributed by atoms with van der Waals surface area (Å²) in [7, 11) is 1.77. The molecule has 0 unspecified atom stereocenters. The predicted molar refractivity (Wildman–Crippen MR) is 98.2 cm³/mol. The maximum absolute atomic E-state index is 12.0. The molecule has 6 heteroatoms. The highest BCUT2D eigenvalue weighted by Gasteiger charge is 2.13. The summed E-state index contributed by atoms with van der Waals surface area (Å²) < 4.78 is 5.33. The van der Waals surface area contributed by atoms with Crippen LogP contribution in [-0.4, -0.2) is 24.7 Å². The number of fused-ring (bicyclic) bond motifs is 1. The summed E-state index contributed by atoms with van der Waals surface area (Å²) in [4.78, 5) is 24.6. The number of benzene rings is 2. The highest BCUT2D eigenvalue weighted by atomic mass is 16.4. The van der Waals surface area contributed by atoms with Crippen LogP contribution >= 0.6 is 0 Å². The Kier molecular flexibility index (Phi) is 4.72. The summed E-state index contributed by atoms with van der Waals surface area (Å²) in [5, 5.41) is 18.9.